The second kappa shape index (κ2) is 6.01. The molecule has 2 rings (SSSR count). The molecule has 104 valence electrons. The number of carbonyl (C=O) groups excluding carboxylic acids is 1. The molecule has 2 N–H and O–H groups in total. The van der Waals surface area contributed by atoms with Gasteiger partial charge in [-0.05, 0) is 59.7 Å². The van der Waals surface area contributed by atoms with E-state index in [1.807, 2.05) is 0 Å². The zero-order valence-electron chi connectivity index (χ0n) is 11.0. The van der Waals surface area contributed by atoms with Crippen molar-refractivity contribution >= 4 is 21.8 Å². The molecule has 0 atom stereocenters. The lowest BCUT2D eigenvalue weighted by molar-refractivity contribution is 0.0716. The molecule has 1 amide bonds. The molecule has 1 aromatic heterocycles. The Bertz CT molecular complexity index is 457. The molecule has 4 nitrogen and oxygen atoms in total. The number of aromatic nitrogens is 1. The first-order valence-electron chi connectivity index (χ1n) is 6.60. The van der Waals surface area contributed by atoms with Gasteiger partial charge in [-0.25, -0.2) is 4.98 Å². The normalized spacial score (nSPS) is 27.0. The molecular formula is C14H19BrN2O2. The standard InChI is InChI=1S/C14H19BrN2O2/c1-10-4-6-14(9-18,7-5-10)17-13(19)11-3-2-8-16-12(11)15/h2-3,8,10,18H,4-7,9H2,1H3,(H,17,19). The van der Waals surface area contributed by atoms with Crippen LogP contribution in [0.2, 0.25) is 0 Å². The average molecular weight is 327 g/mol. The van der Waals surface area contributed by atoms with E-state index >= 15 is 0 Å². The Balaban J connectivity index is 2.11. The number of nitrogens with zero attached hydrogens (tertiary/aromatic N) is 1. The smallest absolute Gasteiger partial charge is 0.254 e. The summed E-state index contributed by atoms with van der Waals surface area (Å²) in [5, 5.41) is 12.7. The number of pyridine rings is 1. The highest BCUT2D eigenvalue weighted by Gasteiger charge is 2.35. The molecule has 0 aliphatic heterocycles. The van der Waals surface area contributed by atoms with Crippen molar-refractivity contribution in [2.75, 3.05) is 6.61 Å². The van der Waals surface area contributed by atoms with Crippen LogP contribution in [0.3, 0.4) is 0 Å². The van der Waals surface area contributed by atoms with Gasteiger partial charge in [0.15, 0.2) is 0 Å². The van der Waals surface area contributed by atoms with E-state index in [4.69, 9.17) is 0 Å². The number of hydrogen-bond donors (Lipinski definition) is 2. The van der Waals surface area contributed by atoms with E-state index in [1.54, 1.807) is 18.3 Å². The van der Waals surface area contributed by atoms with Crippen LogP contribution in [-0.2, 0) is 0 Å². The van der Waals surface area contributed by atoms with Crippen molar-refractivity contribution in [3.05, 3.63) is 28.5 Å². The first-order chi connectivity index (χ1) is 9.06. The van der Waals surface area contributed by atoms with Crippen molar-refractivity contribution in [2.24, 2.45) is 5.92 Å². The zero-order chi connectivity index (χ0) is 13.9. The van der Waals surface area contributed by atoms with Crippen LogP contribution in [0.1, 0.15) is 43.0 Å². The van der Waals surface area contributed by atoms with Crippen molar-refractivity contribution in [3.8, 4) is 0 Å². The molecule has 19 heavy (non-hydrogen) atoms. The molecule has 0 saturated heterocycles. The van der Waals surface area contributed by atoms with Crippen LogP contribution in [0.15, 0.2) is 22.9 Å². The maximum Gasteiger partial charge on any atom is 0.254 e. The molecule has 5 heteroatoms. The van der Waals surface area contributed by atoms with Crippen LogP contribution >= 0.6 is 15.9 Å². The van der Waals surface area contributed by atoms with Crippen LogP contribution < -0.4 is 5.32 Å². The third-order valence-corrected chi connectivity index (χ3v) is 4.55. The highest BCUT2D eigenvalue weighted by molar-refractivity contribution is 9.10. The van der Waals surface area contributed by atoms with Crippen LogP contribution in [0, 0.1) is 5.92 Å². The van der Waals surface area contributed by atoms with Crippen LogP contribution in [0.4, 0.5) is 0 Å². The third-order valence-electron chi connectivity index (χ3n) is 3.92. The summed E-state index contributed by atoms with van der Waals surface area (Å²) in [6.07, 6.45) is 5.36. The van der Waals surface area contributed by atoms with Gasteiger partial charge in [-0.15, -0.1) is 0 Å². The summed E-state index contributed by atoms with van der Waals surface area (Å²) in [5.74, 6) is 0.491. The summed E-state index contributed by atoms with van der Waals surface area (Å²) >= 11 is 3.28. The van der Waals surface area contributed by atoms with Crippen LogP contribution in [0.25, 0.3) is 0 Å². The molecule has 0 spiro atoms. The number of nitrogens with one attached hydrogen (secondary N) is 1. The van der Waals surface area contributed by atoms with Crippen LogP contribution in [0.5, 0.6) is 0 Å². The van der Waals surface area contributed by atoms with Gasteiger partial charge in [-0.3, -0.25) is 4.79 Å². The minimum atomic E-state index is -0.473. The summed E-state index contributed by atoms with van der Waals surface area (Å²) in [4.78, 5) is 16.3. The molecule has 1 aliphatic rings. The second-order valence-electron chi connectivity index (χ2n) is 5.42. The molecule has 1 saturated carbocycles. The van der Waals surface area contributed by atoms with Crippen molar-refractivity contribution in [1.29, 1.82) is 0 Å². The number of aliphatic hydroxyl groups is 1. The van der Waals surface area contributed by atoms with Gasteiger partial charge in [0, 0.05) is 6.20 Å². The van der Waals surface area contributed by atoms with E-state index in [0.717, 1.165) is 25.7 Å². The van der Waals surface area contributed by atoms with Gasteiger partial charge in [0.25, 0.3) is 5.91 Å². The number of aliphatic hydroxyl groups excluding tert-OH is 1. The summed E-state index contributed by atoms with van der Waals surface area (Å²) in [6, 6.07) is 3.46. The third kappa shape index (κ3) is 3.34. The Hall–Kier alpha value is -0.940. The lowest BCUT2D eigenvalue weighted by Gasteiger charge is -2.38. The topological polar surface area (TPSA) is 62.2 Å². The second-order valence-corrected chi connectivity index (χ2v) is 6.17. The van der Waals surface area contributed by atoms with E-state index < -0.39 is 5.54 Å². The van der Waals surface area contributed by atoms with Crippen molar-refractivity contribution in [2.45, 2.75) is 38.1 Å². The number of amides is 1. The Morgan fingerprint density at radius 3 is 2.84 bits per heavy atom. The largest absolute Gasteiger partial charge is 0.394 e. The lowest BCUT2D eigenvalue weighted by atomic mass is 9.77. The SMILES string of the molecule is CC1CCC(CO)(NC(=O)c2cccnc2Br)CC1. The van der Waals surface area contributed by atoms with Gasteiger partial charge >= 0.3 is 0 Å². The van der Waals surface area contributed by atoms with Crippen molar-refractivity contribution < 1.29 is 9.90 Å². The quantitative estimate of drug-likeness (QED) is 0.839. The Labute approximate surface area is 121 Å². The molecule has 1 heterocycles. The van der Waals surface area contributed by atoms with E-state index in [1.165, 1.54) is 0 Å². The summed E-state index contributed by atoms with van der Waals surface area (Å²) in [5.41, 5.74) is 0.0349. The van der Waals surface area contributed by atoms with E-state index in [9.17, 15) is 9.90 Å². The number of halogens is 1. The van der Waals surface area contributed by atoms with E-state index in [-0.39, 0.29) is 12.5 Å². The summed E-state index contributed by atoms with van der Waals surface area (Å²) in [7, 11) is 0. The van der Waals surface area contributed by atoms with Gasteiger partial charge < -0.3 is 10.4 Å². The molecule has 1 aromatic rings. The summed E-state index contributed by atoms with van der Waals surface area (Å²) in [6.45, 7) is 2.20. The first kappa shape index (κ1) is 14.5. The van der Waals surface area contributed by atoms with Gasteiger partial charge in [0.2, 0.25) is 0 Å². The minimum Gasteiger partial charge on any atom is -0.394 e. The fourth-order valence-electron chi connectivity index (χ4n) is 2.50. The Morgan fingerprint density at radius 1 is 1.58 bits per heavy atom. The average Bonchev–Trinajstić information content (AvgIpc) is 2.42. The van der Waals surface area contributed by atoms with Crippen LogP contribution in [-0.4, -0.2) is 28.1 Å². The lowest BCUT2D eigenvalue weighted by Crippen LogP contribution is -2.53. The van der Waals surface area contributed by atoms with Gasteiger partial charge in [0.05, 0.1) is 17.7 Å². The van der Waals surface area contributed by atoms with E-state index in [0.29, 0.717) is 16.1 Å². The molecule has 0 bridgehead atoms. The maximum atomic E-state index is 12.3. The number of hydrogen-bond acceptors (Lipinski definition) is 3. The fraction of sp³-hybridized carbons (Fsp3) is 0.571. The minimum absolute atomic E-state index is 0.0106. The molecule has 0 aromatic carbocycles. The van der Waals surface area contributed by atoms with E-state index in [2.05, 4.69) is 33.2 Å². The Morgan fingerprint density at radius 2 is 2.26 bits per heavy atom. The highest BCUT2D eigenvalue weighted by atomic mass is 79.9. The number of rotatable bonds is 3. The predicted octanol–water partition coefficient (Wildman–Crippen LogP) is 2.52. The number of carbonyl (C=O) groups is 1. The van der Waals surface area contributed by atoms with Crippen molar-refractivity contribution in [1.82, 2.24) is 10.3 Å². The zero-order valence-corrected chi connectivity index (χ0v) is 12.6. The first-order valence-corrected chi connectivity index (χ1v) is 7.39. The van der Waals surface area contributed by atoms with Gasteiger partial charge in [0.1, 0.15) is 4.60 Å². The van der Waals surface area contributed by atoms with Crippen molar-refractivity contribution in [3.63, 3.8) is 0 Å². The summed E-state index contributed by atoms with van der Waals surface area (Å²) < 4.78 is 0.532. The molecule has 1 aliphatic carbocycles. The Kier molecular flexibility index (Phi) is 4.58. The molecule has 0 radical (unpaired) electrons. The molecule has 1 fully saturated rings. The highest BCUT2D eigenvalue weighted by Crippen LogP contribution is 2.32. The molecular weight excluding hydrogens is 308 g/mol. The monoisotopic (exact) mass is 326 g/mol. The maximum absolute atomic E-state index is 12.3. The van der Waals surface area contributed by atoms with Gasteiger partial charge in [-0.2, -0.15) is 0 Å². The predicted molar refractivity (Wildman–Crippen MR) is 76.9 cm³/mol. The molecule has 0 unspecified atom stereocenters. The van der Waals surface area contributed by atoms with Gasteiger partial charge in [-0.1, -0.05) is 6.92 Å². The fourth-order valence-corrected chi connectivity index (χ4v) is 2.93.